The van der Waals surface area contributed by atoms with Gasteiger partial charge in [0.1, 0.15) is 0 Å². The molecule has 0 N–H and O–H groups in total. The smallest absolute Gasteiger partial charge is 0.0705 e. The summed E-state index contributed by atoms with van der Waals surface area (Å²) in [4.78, 5) is 4.77. The number of allylic oxidation sites excluding steroid dienone is 2. The van der Waals surface area contributed by atoms with Crippen LogP contribution in [0, 0.1) is 0 Å². The molecule has 1 aromatic heterocycles. The lowest BCUT2D eigenvalue weighted by molar-refractivity contribution is 0.920. The molecule has 1 heteroatoms. The van der Waals surface area contributed by atoms with Gasteiger partial charge in [-0.25, -0.2) is 0 Å². The summed E-state index contributed by atoms with van der Waals surface area (Å²) in [5.41, 5.74) is 5.23. The molecule has 1 aromatic carbocycles. The van der Waals surface area contributed by atoms with Gasteiger partial charge in [0, 0.05) is 11.1 Å². The molecule has 0 unspecified atom stereocenters. The van der Waals surface area contributed by atoms with Crippen LogP contribution in [-0.4, -0.2) is 4.98 Å². The summed E-state index contributed by atoms with van der Waals surface area (Å²) < 4.78 is 0. The van der Waals surface area contributed by atoms with Crippen LogP contribution in [0.1, 0.15) is 31.0 Å². The summed E-state index contributed by atoms with van der Waals surface area (Å²) in [6.45, 7) is 2.22. The van der Waals surface area contributed by atoms with Crippen LogP contribution < -0.4 is 0 Å². The monoisotopic (exact) mass is 209 g/mol. The van der Waals surface area contributed by atoms with Crippen LogP contribution in [0.3, 0.4) is 0 Å². The first-order valence-corrected chi connectivity index (χ1v) is 5.96. The number of rotatable bonds is 1. The third kappa shape index (κ3) is 1.44. The van der Waals surface area contributed by atoms with Gasteiger partial charge in [0.2, 0.25) is 0 Å². The number of pyridine rings is 1. The molecule has 1 aliphatic rings. The van der Waals surface area contributed by atoms with Gasteiger partial charge in [0.15, 0.2) is 0 Å². The first kappa shape index (κ1) is 9.59. The quantitative estimate of drug-likeness (QED) is 0.692. The molecule has 0 atom stereocenters. The Labute approximate surface area is 95.8 Å². The molecule has 1 nitrogen and oxygen atoms in total. The minimum atomic E-state index is 1.09. The maximum atomic E-state index is 4.77. The van der Waals surface area contributed by atoms with Crippen molar-refractivity contribution in [2.45, 2.75) is 26.2 Å². The molecule has 16 heavy (non-hydrogen) atoms. The van der Waals surface area contributed by atoms with Crippen LogP contribution in [0.2, 0.25) is 0 Å². The molecule has 1 aliphatic carbocycles. The van der Waals surface area contributed by atoms with Gasteiger partial charge in [-0.15, -0.1) is 0 Å². The van der Waals surface area contributed by atoms with Crippen molar-refractivity contribution >= 4 is 16.5 Å². The van der Waals surface area contributed by atoms with E-state index < -0.39 is 0 Å². The number of aromatic nitrogens is 1. The zero-order chi connectivity index (χ0) is 11.0. The molecule has 2 aromatic rings. The van der Waals surface area contributed by atoms with E-state index in [4.69, 9.17) is 4.98 Å². The number of hydrogen-bond acceptors (Lipinski definition) is 1. The fourth-order valence-corrected chi connectivity index (χ4v) is 2.45. The van der Waals surface area contributed by atoms with E-state index in [1.54, 1.807) is 0 Å². The molecule has 0 spiro atoms. The van der Waals surface area contributed by atoms with Crippen molar-refractivity contribution in [1.82, 2.24) is 4.98 Å². The van der Waals surface area contributed by atoms with E-state index in [-0.39, 0.29) is 0 Å². The predicted octanol–water partition coefficient (Wildman–Crippen LogP) is 3.97. The minimum Gasteiger partial charge on any atom is -0.252 e. The molecule has 0 fully saturated rings. The van der Waals surface area contributed by atoms with Gasteiger partial charge in [0.25, 0.3) is 0 Å². The summed E-state index contributed by atoms with van der Waals surface area (Å²) in [6, 6.07) is 10.7. The molecule has 0 saturated carbocycles. The molecular formula is C15H15N. The second-order valence-corrected chi connectivity index (χ2v) is 4.30. The number of fused-ring (bicyclic) bond motifs is 2. The minimum absolute atomic E-state index is 1.09. The maximum absolute atomic E-state index is 4.77. The first-order valence-electron chi connectivity index (χ1n) is 5.96. The third-order valence-electron chi connectivity index (χ3n) is 3.30. The van der Waals surface area contributed by atoms with E-state index in [0.717, 1.165) is 24.8 Å². The van der Waals surface area contributed by atoms with Crippen molar-refractivity contribution in [1.29, 1.82) is 0 Å². The van der Waals surface area contributed by atoms with Crippen molar-refractivity contribution in [2.75, 3.05) is 0 Å². The molecule has 3 rings (SSSR count). The Balaban J connectivity index is 2.27. The summed E-state index contributed by atoms with van der Waals surface area (Å²) in [7, 11) is 0. The number of aryl methyl sites for hydroxylation is 1. The van der Waals surface area contributed by atoms with E-state index in [9.17, 15) is 0 Å². The average Bonchev–Trinajstić information content (AvgIpc) is 2.35. The van der Waals surface area contributed by atoms with Gasteiger partial charge in [-0.1, -0.05) is 31.2 Å². The highest BCUT2D eigenvalue weighted by atomic mass is 14.7. The van der Waals surface area contributed by atoms with Crippen molar-refractivity contribution < 1.29 is 0 Å². The summed E-state index contributed by atoms with van der Waals surface area (Å²) in [5.74, 6) is 0. The van der Waals surface area contributed by atoms with E-state index in [0.29, 0.717) is 0 Å². The van der Waals surface area contributed by atoms with E-state index >= 15 is 0 Å². The van der Waals surface area contributed by atoms with E-state index in [1.165, 1.54) is 22.2 Å². The number of benzene rings is 1. The fourth-order valence-electron chi connectivity index (χ4n) is 2.45. The van der Waals surface area contributed by atoms with Gasteiger partial charge in [0.05, 0.1) is 5.52 Å². The predicted molar refractivity (Wildman–Crippen MR) is 68.3 cm³/mol. The molecule has 0 amide bonds. The Bertz CT molecular complexity index is 567. The lowest BCUT2D eigenvalue weighted by atomic mass is 9.92. The van der Waals surface area contributed by atoms with Crippen molar-refractivity contribution in [3.8, 4) is 0 Å². The van der Waals surface area contributed by atoms with Crippen LogP contribution in [0.4, 0.5) is 0 Å². The number of para-hydroxylation sites is 1. The highest BCUT2D eigenvalue weighted by Gasteiger charge is 2.13. The lowest BCUT2D eigenvalue weighted by Crippen LogP contribution is -2.02. The number of hydrogen-bond donors (Lipinski definition) is 0. The fraction of sp³-hybridized carbons (Fsp3) is 0.267. The third-order valence-corrected chi connectivity index (χ3v) is 3.30. The Hall–Kier alpha value is -1.63. The second-order valence-electron chi connectivity index (χ2n) is 4.30. The Morgan fingerprint density at radius 2 is 2.12 bits per heavy atom. The van der Waals surface area contributed by atoms with Crippen molar-refractivity contribution in [2.24, 2.45) is 0 Å². The van der Waals surface area contributed by atoms with Crippen LogP contribution in [-0.2, 0) is 6.42 Å². The molecule has 0 bridgehead atoms. The van der Waals surface area contributed by atoms with E-state index in [2.05, 4.69) is 43.3 Å². The van der Waals surface area contributed by atoms with E-state index in [1.807, 2.05) is 0 Å². The average molecular weight is 209 g/mol. The number of nitrogens with zero attached hydrogens (tertiary/aromatic N) is 1. The van der Waals surface area contributed by atoms with Gasteiger partial charge in [-0.05, 0) is 42.5 Å². The van der Waals surface area contributed by atoms with Gasteiger partial charge < -0.3 is 0 Å². The SMILES string of the molecule is CCC1=CCCc2nc3ccccc3cc21. The summed E-state index contributed by atoms with van der Waals surface area (Å²) in [5, 5.41) is 1.25. The van der Waals surface area contributed by atoms with Crippen LogP contribution in [0.25, 0.3) is 16.5 Å². The van der Waals surface area contributed by atoms with Crippen LogP contribution in [0.5, 0.6) is 0 Å². The molecule has 0 aliphatic heterocycles. The van der Waals surface area contributed by atoms with Crippen molar-refractivity contribution in [3.05, 3.63) is 47.7 Å². The van der Waals surface area contributed by atoms with Gasteiger partial charge in [-0.3, -0.25) is 4.98 Å². The second kappa shape index (κ2) is 3.75. The summed E-state index contributed by atoms with van der Waals surface area (Å²) >= 11 is 0. The van der Waals surface area contributed by atoms with Crippen LogP contribution in [0.15, 0.2) is 36.4 Å². The Morgan fingerprint density at radius 3 is 3.00 bits per heavy atom. The lowest BCUT2D eigenvalue weighted by Gasteiger charge is -2.16. The van der Waals surface area contributed by atoms with Gasteiger partial charge >= 0.3 is 0 Å². The highest BCUT2D eigenvalue weighted by Crippen LogP contribution is 2.29. The highest BCUT2D eigenvalue weighted by molar-refractivity contribution is 5.84. The molecule has 1 heterocycles. The Kier molecular flexibility index (Phi) is 2.24. The topological polar surface area (TPSA) is 12.9 Å². The first-order chi connectivity index (χ1) is 7.88. The molecule has 0 saturated heterocycles. The standard InChI is InChI=1S/C15H15N/c1-2-11-7-5-9-15-13(11)10-12-6-3-4-8-14(12)16-15/h3-4,6-8,10H,2,5,9H2,1H3. The maximum Gasteiger partial charge on any atom is 0.0705 e. The summed E-state index contributed by atoms with van der Waals surface area (Å²) in [6.07, 6.45) is 5.69. The normalized spacial score (nSPS) is 14.7. The molecular weight excluding hydrogens is 194 g/mol. The van der Waals surface area contributed by atoms with Crippen LogP contribution >= 0.6 is 0 Å². The largest absolute Gasteiger partial charge is 0.252 e. The molecule has 80 valence electrons. The molecule has 0 radical (unpaired) electrons. The van der Waals surface area contributed by atoms with Crippen molar-refractivity contribution in [3.63, 3.8) is 0 Å². The Morgan fingerprint density at radius 1 is 1.25 bits per heavy atom. The zero-order valence-corrected chi connectivity index (χ0v) is 9.53. The zero-order valence-electron chi connectivity index (χ0n) is 9.53. The van der Waals surface area contributed by atoms with Gasteiger partial charge in [-0.2, -0.15) is 0 Å².